The fourth-order valence-electron chi connectivity index (χ4n) is 2.06. The first-order valence-electron chi connectivity index (χ1n) is 6.50. The Bertz CT molecular complexity index is 755. The van der Waals surface area contributed by atoms with Crippen molar-refractivity contribution in [3.8, 4) is 0 Å². The fourth-order valence-corrected chi connectivity index (χ4v) is 2.26. The first kappa shape index (κ1) is 15.8. The van der Waals surface area contributed by atoms with Crippen molar-refractivity contribution in [3.05, 3.63) is 71.3 Å². The number of nitrogens with zero attached hydrogens (tertiary/aromatic N) is 1. The molecule has 2 rings (SSSR count). The standard InChI is InChI=1S/C17H14ClNO3/c1-3-16(20)19(13-6-4-5-11(2)9-13)15-10-12(17(21)22)7-8-14(15)18/h3-10H,1H2,2H3,(H,21,22). The molecular formula is C17H14ClNO3. The number of carbonyl (C=O) groups excluding carboxylic acids is 1. The summed E-state index contributed by atoms with van der Waals surface area (Å²) in [5.41, 5.74) is 1.91. The van der Waals surface area contributed by atoms with Crippen molar-refractivity contribution in [1.29, 1.82) is 0 Å². The molecule has 0 saturated heterocycles. The molecule has 0 radical (unpaired) electrons. The molecule has 0 aliphatic rings. The van der Waals surface area contributed by atoms with Crippen LogP contribution in [0.2, 0.25) is 5.02 Å². The minimum Gasteiger partial charge on any atom is -0.478 e. The zero-order valence-electron chi connectivity index (χ0n) is 11.9. The molecule has 0 saturated carbocycles. The number of rotatable bonds is 4. The topological polar surface area (TPSA) is 57.6 Å². The molecule has 0 unspecified atom stereocenters. The Labute approximate surface area is 133 Å². The second kappa shape index (κ2) is 6.45. The molecule has 1 amide bonds. The van der Waals surface area contributed by atoms with Crippen LogP contribution in [-0.4, -0.2) is 17.0 Å². The Balaban J connectivity index is 2.65. The van der Waals surface area contributed by atoms with Crippen LogP contribution in [0, 0.1) is 6.92 Å². The molecule has 0 bridgehead atoms. The van der Waals surface area contributed by atoms with Crippen LogP contribution in [0.1, 0.15) is 15.9 Å². The van der Waals surface area contributed by atoms with Gasteiger partial charge in [-0.2, -0.15) is 0 Å². The van der Waals surface area contributed by atoms with Gasteiger partial charge in [-0.15, -0.1) is 0 Å². The summed E-state index contributed by atoms with van der Waals surface area (Å²) < 4.78 is 0. The van der Waals surface area contributed by atoms with Crippen LogP contribution in [0.15, 0.2) is 55.1 Å². The summed E-state index contributed by atoms with van der Waals surface area (Å²) >= 11 is 6.17. The van der Waals surface area contributed by atoms with E-state index in [1.54, 1.807) is 6.07 Å². The van der Waals surface area contributed by atoms with Gasteiger partial charge in [-0.05, 0) is 48.9 Å². The van der Waals surface area contributed by atoms with Gasteiger partial charge in [0.15, 0.2) is 0 Å². The van der Waals surface area contributed by atoms with E-state index in [0.29, 0.717) is 11.4 Å². The molecular weight excluding hydrogens is 302 g/mol. The summed E-state index contributed by atoms with van der Waals surface area (Å²) in [6, 6.07) is 11.5. The number of anilines is 2. The van der Waals surface area contributed by atoms with Gasteiger partial charge in [0.25, 0.3) is 5.91 Å². The lowest BCUT2D eigenvalue weighted by Gasteiger charge is -2.23. The third-order valence-corrected chi connectivity index (χ3v) is 3.41. The van der Waals surface area contributed by atoms with Gasteiger partial charge in [-0.1, -0.05) is 30.3 Å². The summed E-state index contributed by atoms with van der Waals surface area (Å²) in [4.78, 5) is 24.8. The molecule has 2 aromatic carbocycles. The number of hydrogen-bond acceptors (Lipinski definition) is 2. The van der Waals surface area contributed by atoms with Gasteiger partial charge in [-0.25, -0.2) is 4.79 Å². The van der Waals surface area contributed by atoms with Crippen molar-refractivity contribution in [1.82, 2.24) is 0 Å². The van der Waals surface area contributed by atoms with Crippen LogP contribution in [-0.2, 0) is 4.79 Å². The molecule has 4 nitrogen and oxygen atoms in total. The van der Waals surface area contributed by atoms with Gasteiger partial charge in [0, 0.05) is 5.69 Å². The number of carboxylic acids is 1. The average molecular weight is 316 g/mol. The summed E-state index contributed by atoms with van der Waals surface area (Å²) in [6.45, 7) is 5.39. The molecule has 0 aliphatic carbocycles. The minimum atomic E-state index is -1.09. The number of benzene rings is 2. The molecule has 0 aliphatic heterocycles. The third kappa shape index (κ3) is 3.18. The highest BCUT2D eigenvalue weighted by Gasteiger charge is 2.20. The predicted octanol–water partition coefficient (Wildman–Crippen LogP) is 4.20. The highest BCUT2D eigenvalue weighted by Crippen LogP contribution is 2.33. The molecule has 2 aromatic rings. The van der Waals surface area contributed by atoms with Crippen molar-refractivity contribution < 1.29 is 14.7 Å². The van der Waals surface area contributed by atoms with Crippen LogP contribution < -0.4 is 4.90 Å². The first-order valence-corrected chi connectivity index (χ1v) is 6.88. The summed E-state index contributed by atoms with van der Waals surface area (Å²) in [7, 11) is 0. The molecule has 0 aromatic heterocycles. The SMILES string of the molecule is C=CC(=O)N(c1cccc(C)c1)c1cc(C(=O)O)ccc1Cl. The van der Waals surface area contributed by atoms with Crippen LogP contribution in [0.4, 0.5) is 11.4 Å². The normalized spacial score (nSPS) is 10.1. The maximum absolute atomic E-state index is 12.3. The monoisotopic (exact) mass is 315 g/mol. The van der Waals surface area contributed by atoms with Gasteiger partial charge in [0.05, 0.1) is 16.3 Å². The van der Waals surface area contributed by atoms with E-state index in [4.69, 9.17) is 16.7 Å². The van der Waals surface area contributed by atoms with E-state index in [1.807, 2.05) is 25.1 Å². The lowest BCUT2D eigenvalue weighted by molar-refractivity contribution is -0.113. The van der Waals surface area contributed by atoms with Crippen LogP contribution >= 0.6 is 11.6 Å². The van der Waals surface area contributed by atoms with Crippen LogP contribution in [0.5, 0.6) is 0 Å². The smallest absolute Gasteiger partial charge is 0.335 e. The van der Waals surface area contributed by atoms with Gasteiger partial charge in [0.2, 0.25) is 0 Å². The molecule has 112 valence electrons. The number of amides is 1. The first-order chi connectivity index (χ1) is 10.4. The largest absolute Gasteiger partial charge is 0.478 e. The van der Waals surface area contributed by atoms with Crippen molar-refractivity contribution in [2.75, 3.05) is 4.90 Å². The highest BCUT2D eigenvalue weighted by atomic mass is 35.5. The molecule has 22 heavy (non-hydrogen) atoms. The lowest BCUT2D eigenvalue weighted by Crippen LogP contribution is -2.24. The van der Waals surface area contributed by atoms with Gasteiger partial charge in [0.1, 0.15) is 0 Å². The molecule has 5 heteroatoms. The van der Waals surface area contributed by atoms with E-state index in [-0.39, 0.29) is 10.6 Å². The Hall–Kier alpha value is -2.59. The van der Waals surface area contributed by atoms with E-state index < -0.39 is 11.9 Å². The Kier molecular flexibility index (Phi) is 4.63. The van der Waals surface area contributed by atoms with Crippen LogP contribution in [0.25, 0.3) is 0 Å². The number of aryl methyl sites for hydroxylation is 1. The van der Waals surface area contributed by atoms with Crippen molar-refractivity contribution in [2.24, 2.45) is 0 Å². The maximum Gasteiger partial charge on any atom is 0.335 e. The number of carboxylic acid groups (broad SMARTS) is 1. The van der Waals surface area contributed by atoms with Gasteiger partial charge in [-0.3, -0.25) is 9.69 Å². The van der Waals surface area contributed by atoms with Crippen LogP contribution in [0.3, 0.4) is 0 Å². The molecule has 0 heterocycles. The maximum atomic E-state index is 12.3. The number of aromatic carboxylic acids is 1. The van der Waals surface area contributed by atoms with Crippen molar-refractivity contribution >= 4 is 34.9 Å². The third-order valence-electron chi connectivity index (χ3n) is 3.09. The summed E-state index contributed by atoms with van der Waals surface area (Å²) in [5.74, 6) is -1.48. The Morgan fingerprint density at radius 3 is 2.55 bits per heavy atom. The number of hydrogen-bond donors (Lipinski definition) is 1. The van der Waals surface area contributed by atoms with Crippen molar-refractivity contribution in [3.63, 3.8) is 0 Å². The molecule has 0 fully saturated rings. The predicted molar refractivity (Wildman–Crippen MR) is 86.9 cm³/mol. The second-order valence-electron chi connectivity index (χ2n) is 4.69. The summed E-state index contributed by atoms with van der Waals surface area (Å²) in [5, 5.41) is 9.41. The highest BCUT2D eigenvalue weighted by molar-refractivity contribution is 6.34. The molecule has 1 N–H and O–H groups in total. The second-order valence-corrected chi connectivity index (χ2v) is 5.10. The van der Waals surface area contributed by atoms with Crippen molar-refractivity contribution in [2.45, 2.75) is 6.92 Å². The number of carbonyl (C=O) groups is 2. The zero-order valence-corrected chi connectivity index (χ0v) is 12.7. The van der Waals surface area contributed by atoms with Gasteiger partial charge < -0.3 is 5.11 Å². The van der Waals surface area contributed by atoms with E-state index in [1.165, 1.54) is 23.1 Å². The molecule has 0 atom stereocenters. The number of halogens is 1. The van der Waals surface area contributed by atoms with E-state index in [0.717, 1.165) is 11.6 Å². The summed E-state index contributed by atoms with van der Waals surface area (Å²) in [6.07, 6.45) is 1.16. The minimum absolute atomic E-state index is 0.0499. The quantitative estimate of drug-likeness (QED) is 0.860. The van der Waals surface area contributed by atoms with E-state index in [2.05, 4.69) is 6.58 Å². The van der Waals surface area contributed by atoms with Gasteiger partial charge >= 0.3 is 5.97 Å². The molecule has 0 spiro atoms. The average Bonchev–Trinajstić information content (AvgIpc) is 2.49. The Morgan fingerprint density at radius 2 is 1.95 bits per heavy atom. The van der Waals surface area contributed by atoms with E-state index >= 15 is 0 Å². The Morgan fingerprint density at radius 1 is 1.23 bits per heavy atom. The lowest BCUT2D eigenvalue weighted by atomic mass is 10.1. The zero-order chi connectivity index (χ0) is 16.3. The fraction of sp³-hybridized carbons (Fsp3) is 0.0588. The van der Waals surface area contributed by atoms with E-state index in [9.17, 15) is 9.59 Å².